The summed E-state index contributed by atoms with van der Waals surface area (Å²) in [6.07, 6.45) is -4.07. The quantitative estimate of drug-likeness (QED) is 0.607. The molecule has 0 aliphatic heterocycles. The maximum absolute atomic E-state index is 12.6. The number of hydrogen-bond acceptors (Lipinski definition) is 2. The van der Waals surface area contributed by atoms with Crippen molar-refractivity contribution in [2.75, 3.05) is 7.11 Å². The Morgan fingerprint density at radius 3 is 1.92 bits per heavy atom. The normalized spacial score (nSPS) is 14.2. The van der Waals surface area contributed by atoms with Crippen LogP contribution in [0.2, 0.25) is 0 Å². The highest BCUT2D eigenvalue weighted by atomic mass is 19.4. The number of hydrogen-bond donors (Lipinski definition) is 0. The zero-order chi connectivity index (χ0) is 17.7. The van der Waals surface area contributed by atoms with Gasteiger partial charge in [-0.2, -0.15) is 13.2 Å². The van der Waals surface area contributed by atoms with Gasteiger partial charge in [0.1, 0.15) is 5.75 Å². The van der Waals surface area contributed by atoms with Crippen LogP contribution >= 0.6 is 0 Å². The average molecular weight is 338 g/mol. The molecule has 2 aromatic carbocycles. The van der Waals surface area contributed by atoms with Crippen molar-refractivity contribution in [3.8, 4) is 5.75 Å². The van der Waals surface area contributed by atoms with E-state index in [-0.39, 0.29) is 0 Å². The number of halogens is 3. The Kier molecular flexibility index (Phi) is 5.89. The Hall–Kier alpha value is -2.01. The molecular weight excluding hydrogens is 317 g/mol. The van der Waals surface area contributed by atoms with E-state index in [4.69, 9.17) is 9.47 Å². The Morgan fingerprint density at radius 1 is 0.917 bits per heavy atom. The molecule has 0 amide bonds. The number of ether oxygens (including phenoxy) is 2. The van der Waals surface area contributed by atoms with Gasteiger partial charge in [0, 0.05) is 12.7 Å². The van der Waals surface area contributed by atoms with Gasteiger partial charge in [0.15, 0.2) is 0 Å². The third kappa shape index (κ3) is 4.51. The smallest absolute Gasteiger partial charge is 0.416 e. The van der Waals surface area contributed by atoms with E-state index in [1.165, 1.54) is 24.8 Å². The van der Waals surface area contributed by atoms with Gasteiger partial charge < -0.3 is 9.47 Å². The second-order valence-corrected chi connectivity index (χ2v) is 5.68. The van der Waals surface area contributed by atoms with Crippen LogP contribution in [-0.2, 0) is 10.9 Å². The summed E-state index contributed by atoms with van der Waals surface area (Å²) >= 11 is 0. The van der Waals surface area contributed by atoms with Gasteiger partial charge >= 0.3 is 6.18 Å². The van der Waals surface area contributed by atoms with E-state index >= 15 is 0 Å². The van der Waals surface area contributed by atoms with Gasteiger partial charge in [-0.1, -0.05) is 38.1 Å². The average Bonchev–Trinajstić information content (AvgIpc) is 2.59. The van der Waals surface area contributed by atoms with E-state index < -0.39 is 18.0 Å². The minimum Gasteiger partial charge on any atom is -0.461 e. The molecule has 0 saturated heterocycles. The zero-order valence-electron chi connectivity index (χ0n) is 13.9. The van der Waals surface area contributed by atoms with Crippen molar-refractivity contribution in [3.05, 3.63) is 65.2 Å². The Balaban J connectivity index is 2.11. The Bertz CT molecular complexity index is 633. The highest BCUT2D eigenvalue weighted by Crippen LogP contribution is 2.31. The minimum atomic E-state index is -4.35. The summed E-state index contributed by atoms with van der Waals surface area (Å²) in [4.78, 5) is 0. The molecule has 0 spiro atoms. The van der Waals surface area contributed by atoms with Gasteiger partial charge in [-0.25, -0.2) is 0 Å². The largest absolute Gasteiger partial charge is 0.461 e. The van der Waals surface area contributed by atoms with Crippen molar-refractivity contribution in [1.82, 2.24) is 0 Å². The van der Waals surface area contributed by atoms with Crippen LogP contribution < -0.4 is 4.74 Å². The van der Waals surface area contributed by atoms with Crippen molar-refractivity contribution in [3.63, 3.8) is 0 Å². The number of methoxy groups -OCH3 is 1. The molecule has 130 valence electrons. The molecule has 0 bridgehead atoms. The van der Waals surface area contributed by atoms with Gasteiger partial charge in [-0.05, 0) is 42.2 Å². The molecule has 2 nitrogen and oxygen atoms in total. The summed E-state index contributed by atoms with van der Waals surface area (Å²) in [6.45, 7) is 4.27. The molecule has 2 atom stereocenters. The van der Waals surface area contributed by atoms with Crippen LogP contribution in [-0.4, -0.2) is 7.11 Å². The first kappa shape index (κ1) is 18.3. The molecule has 0 heterocycles. The summed E-state index contributed by atoms with van der Waals surface area (Å²) in [6, 6.07) is 12.4. The topological polar surface area (TPSA) is 18.5 Å². The molecule has 0 N–H and O–H groups in total. The SMILES string of the molecule is CCC(C)c1ccc(OC(OC)c2ccc(C(F)(F)F)cc2)cc1. The molecule has 2 unspecified atom stereocenters. The summed E-state index contributed by atoms with van der Waals surface area (Å²) < 4.78 is 48.9. The van der Waals surface area contributed by atoms with E-state index in [0.717, 1.165) is 18.6 Å². The van der Waals surface area contributed by atoms with Gasteiger partial charge in [0.25, 0.3) is 0 Å². The third-order valence-electron chi connectivity index (χ3n) is 4.03. The molecule has 2 rings (SSSR count). The van der Waals surface area contributed by atoms with E-state index in [9.17, 15) is 13.2 Å². The first-order valence-electron chi connectivity index (χ1n) is 7.81. The second-order valence-electron chi connectivity index (χ2n) is 5.68. The van der Waals surface area contributed by atoms with Crippen LogP contribution in [0.1, 0.15) is 49.2 Å². The lowest BCUT2D eigenvalue weighted by Crippen LogP contribution is -2.11. The first-order valence-corrected chi connectivity index (χ1v) is 7.81. The monoisotopic (exact) mass is 338 g/mol. The maximum Gasteiger partial charge on any atom is 0.416 e. The van der Waals surface area contributed by atoms with Crippen LogP contribution in [0.25, 0.3) is 0 Å². The molecule has 0 fully saturated rings. The van der Waals surface area contributed by atoms with Crippen LogP contribution in [0.3, 0.4) is 0 Å². The van der Waals surface area contributed by atoms with Gasteiger partial charge in [0.05, 0.1) is 5.56 Å². The standard InChI is InChI=1S/C19H21F3O2/c1-4-13(2)14-7-11-17(12-8-14)24-18(23-3)15-5-9-16(10-6-15)19(20,21)22/h5-13,18H,4H2,1-3H3. The van der Waals surface area contributed by atoms with Crippen LogP contribution in [0.15, 0.2) is 48.5 Å². The van der Waals surface area contributed by atoms with Gasteiger partial charge in [0.2, 0.25) is 6.29 Å². The fraction of sp³-hybridized carbons (Fsp3) is 0.368. The maximum atomic E-state index is 12.6. The fourth-order valence-corrected chi connectivity index (χ4v) is 2.32. The molecule has 0 aromatic heterocycles. The number of rotatable bonds is 6. The van der Waals surface area contributed by atoms with Crippen LogP contribution in [0.5, 0.6) is 5.75 Å². The number of benzene rings is 2. The zero-order valence-corrected chi connectivity index (χ0v) is 13.9. The van der Waals surface area contributed by atoms with Gasteiger partial charge in [-0.3, -0.25) is 0 Å². The summed E-state index contributed by atoms with van der Waals surface area (Å²) in [5.74, 6) is 1.07. The highest BCUT2D eigenvalue weighted by Gasteiger charge is 2.30. The third-order valence-corrected chi connectivity index (χ3v) is 4.03. The minimum absolute atomic E-state index is 0.465. The lowest BCUT2D eigenvalue weighted by molar-refractivity contribution is -0.137. The molecule has 0 aliphatic carbocycles. The van der Waals surface area contributed by atoms with Crippen molar-refractivity contribution < 1.29 is 22.6 Å². The van der Waals surface area contributed by atoms with E-state index in [1.54, 1.807) is 0 Å². The predicted octanol–water partition coefficient (Wildman–Crippen LogP) is 5.94. The molecule has 0 saturated carbocycles. The summed E-state index contributed by atoms with van der Waals surface area (Å²) in [7, 11) is 1.45. The van der Waals surface area contributed by atoms with E-state index in [0.29, 0.717) is 17.2 Å². The van der Waals surface area contributed by atoms with Crippen molar-refractivity contribution >= 4 is 0 Å². The highest BCUT2D eigenvalue weighted by molar-refractivity contribution is 5.31. The Labute approximate surface area is 140 Å². The Morgan fingerprint density at radius 2 is 1.46 bits per heavy atom. The first-order chi connectivity index (χ1) is 11.3. The predicted molar refractivity (Wildman–Crippen MR) is 87.0 cm³/mol. The summed E-state index contributed by atoms with van der Waals surface area (Å²) in [5.41, 5.74) is 1.05. The number of alkyl halides is 3. The lowest BCUT2D eigenvalue weighted by atomic mass is 9.99. The van der Waals surface area contributed by atoms with Gasteiger partial charge in [-0.15, -0.1) is 0 Å². The van der Waals surface area contributed by atoms with E-state index in [1.807, 2.05) is 24.3 Å². The molecular formula is C19H21F3O2. The van der Waals surface area contributed by atoms with Crippen molar-refractivity contribution in [2.24, 2.45) is 0 Å². The summed E-state index contributed by atoms with van der Waals surface area (Å²) in [5, 5.41) is 0. The second kappa shape index (κ2) is 7.71. The molecule has 2 aromatic rings. The molecule has 0 radical (unpaired) electrons. The lowest BCUT2D eigenvalue weighted by Gasteiger charge is -2.19. The fourth-order valence-electron chi connectivity index (χ4n) is 2.32. The van der Waals surface area contributed by atoms with E-state index in [2.05, 4.69) is 13.8 Å². The van der Waals surface area contributed by atoms with Crippen molar-refractivity contribution in [1.29, 1.82) is 0 Å². The van der Waals surface area contributed by atoms with Crippen LogP contribution in [0, 0.1) is 0 Å². The molecule has 5 heteroatoms. The van der Waals surface area contributed by atoms with Crippen molar-refractivity contribution in [2.45, 2.75) is 38.7 Å². The molecule has 0 aliphatic rings. The van der Waals surface area contributed by atoms with Crippen LogP contribution in [0.4, 0.5) is 13.2 Å². The molecule has 24 heavy (non-hydrogen) atoms.